The van der Waals surface area contributed by atoms with Gasteiger partial charge in [0.25, 0.3) is 0 Å². The highest BCUT2D eigenvalue weighted by Crippen LogP contribution is 2.39. The van der Waals surface area contributed by atoms with Crippen molar-refractivity contribution in [2.45, 2.75) is 37.3 Å². The van der Waals surface area contributed by atoms with E-state index in [4.69, 9.17) is 5.10 Å². The number of nitrogens with zero attached hydrogens (tertiary/aromatic N) is 7. The zero-order valence-electron chi connectivity index (χ0n) is 14.7. The summed E-state index contributed by atoms with van der Waals surface area (Å²) < 4.78 is 1.90. The van der Waals surface area contributed by atoms with Gasteiger partial charge in [-0.05, 0) is 38.4 Å². The molecule has 0 aromatic carbocycles. The molecule has 8 heteroatoms. The molecule has 2 saturated heterocycles. The van der Waals surface area contributed by atoms with Crippen LogP contribution in [0.25, 0.3) is 5.65 Å². The van der Waals surface area contributed by atoms with Crippen molar-refractivity contribution in [2.75, 3.05) is 38.6 Å². The highest BCUT2D eigenvalue weighted by molar-refractivity contribution is 5.83. The second kappa shape index (κ2) is 5.39. The van der Waals surface area contributed by atoms with Crippen molar-refractivity contribution in [1.82, 2.24) is 29.6 Å². The molecule has 1 unspecified atom stereocenters. The van der Waals surface area contributed by atoms with E-state index in [0.29, 0.717) is 12.0 Å². The van der Waals surface area contributed by atoms with Crippen LogP contribution in [0.2, 0.25) is 0 Å². The van der Waals surface area contributed by atoms with Crippen molar-refractivity contribution in [2.24, 2.45) is 0 Å². The maximum absolute atomic E-state index is 12.2. The molecule has 2 aromatic rings. The minimum atomic E-state index is 0.0342. The van der Waals surface area contributed by atoms with Crippen LogP contribution < -0.4 is 4.90 Å². The minimum absolute atomic E-state index is 0.0342. The molecule has 0 N–H and O–H groups in total. The second-order valence-corrected chi connectivity index (χ2v) is 7.58. The standard InChI is InChI=1S/C17H23N7O/c1-21-8-7-13(17(21)25)22(2)12-9-23(10-12)15-6-5-14-18-19-16(11-3-4-11)24(14)20-15/h5-6,11-13H,3-4,7-10H2,1-2H3. The Balaban J connectivity index is 1.29. The molecule has 132 valence electrons. The Morgan fingerprint density at radius 2 is 1.96 bits per heavy atom. The zero-order chi connectivity index (χ0) is 17.1. The Kier molecular flexibility index (Phi) is 3.25. The number of hydrogen-bond donors (Lipinski definition) is 0. The lowest BCUT2D eigenvalue weighted by Gasteiger charge is -2.46. The third-order valence-corrected chi connectivity index (χ3v) is 5.87. The summed E-state index contributed by atoms with van der Waals surface area (Å²) in [6.45, 7) is 2.67. The Labute approximate surface area is 146 Å². The van der Waals surface area contributed by atoms with Crippen molar-refractivity contribution in [3.05, 3.63) is 18.0 Å². The normalized spacial score (nSPS) is 24.6. The molecule has 8 nitrogen and oxygen atoms in total. The van der Waals surface area contributed by atoms with E-state index >= 15 is 0 Å². The van der Waals surface area contributed by atoms with E-state index in [2.05, 4.69) is 27.0 Å². The Morgan fingerprint density at radius 3 is 2.64 bits per heavy atom. The third kappa shape index (κ3) is 2.38. The van der Waals surface area contributed by atoms with Gasteiger partial charge in [-0.3, -0.25) is 9.69 Å². The van der Waals surface area contributed by atoms with Crippen LogP contribution in [0, 0.1) is 0 Å². The maximum Gasteiger partial charge on any atom is 0.239 e. The molecule has 1 amide bonds. The van der Waals surface area contributed by atoms with Crippen molar-refractivity contribution in [3.63, 3.8) is 0 Å². The Morgan fingerprint density at radius 1 is 1.16 bits per heavy atom. The van der Waals surface area contributed by atoms with Gasteiger partial charge in [-0.2, -0.15) is 4.52 Å². The van der Waals surface area contributed by atoms with Crippen LogP contribution in [0.4, 0.5) is 5.82 Å². The summed E-state index contributed by atoms with van der Waals surface area (Å²) in [6, 6.07) is 4.45. The van der Waals surface area contributed by atoms with Gasteiger partial charge in [0.15, 0.2) is 11.5 Å². The summed E-state index contributed by atoms with van der Waals surface area (Å²) >= 11 is 0. The van der Waals surface area contributed by atoms with E-state index in [-0.39, 0.29) is 11.9 Å². The van der Waals surface area contributed by atoms with Crippen LogP contribution in [-0.4, -0.2) is 81.3 Å². The average molecular weight is 341 g/mol. The van der Waals surface area contributed by atoms with Gasteiger partial charge < -0.3 is 9.80 Å². The summed E-state index contributed by atoms with van der Waals surface area (Å²) in [5, 5.41) is 13.3. The molecule has 1 atom stereocenters. The van der Waals surface area contributed by atoms with Crippen molar-refractivity contribution < 1.29 is 4.79 Å². The van der Waals surface area contributed by atoms with E-state index in [1.807, 2.05) is 28.6 Å². The highest BCUT2D eigenvalue weighted by atomic mass is 16.2. The molecule has 1 saturated carbocycles. The number of aromatic nitrogens is 4. The fourth-order valence-corrected chi connectivity index (χ4v) is 3.90. The second-order valence-electron chi connectivity index (χ2n) is 7.58. The summed E-state index contributed by atoms with van der Waals surface area (Å²) in [5.41, 5.74) is 0.819. The van der Waals surface area contributed by atoms with Crippen molar-refractivity contribution in [3.8, 4) is 0 Å². The maximum atomic E-state index is 12.2. The molecular weight excluding hydrogens is 318 g/mol. The number of likely N-dealkylation sites (tertiary alicyclic amines) is 1. The molecule has 4 heterocycles. The number of hydrogen-bond acceptors (Lipinski definition) is 6. The molecule has 5 rings (SSSR count). The fraction of sp³-hybridized carbons (Fsp3) is 0.647. The van der Waals surface area contributed by atoms with Gasteiger partial charge in [0.05, 0.1) is 6.04 Å². The monoisotopic (exact) mass is 341 g/mol. The topological polar surface area (TPSA) is 69.9 Å². The minimum Gasteiger partial charge on any atom is -0.352 e. The summed E-state index contributed by atoms with van der Waals surface area (Å²) in [5.74, 6) is 2.73. The number of rotatable bonds is 4. The van der Waals surface area contributed by atoms with Crippen LogP contribution in [-0.2, 0) is 4.79 Å². The third-order valence-electron chi connectivity index (χ3n) is 5.87. The van der Waals surface area contributed by atoms with E-state index in [1.54, 1.807) is 0 Å². The number of likely N-dealkylation sites (N-methyl/N-ethyl adjacent to an activating group) is 2. The quantitative estimate of drug-likeness (QED) is 0.799. The van der Waals surface area contributed by atoms with Gasteiger partial charge in [0.1, 0.15) is 5.82 Å². The predicted molar refractivity (Wildman–Crippen MR) is 92.6 cm³/mol. The molecule has 25 heavy (non-hydrogen) atoms. The van der Waals surface area contributed by atoms with Crippen LogP contribution in [0.5, 0.6) is 0 Å². The Bertz CT molecular complexity index is 824. The molecule has 1 aliphatic carbocycles. The molecule has 0 spiro atoms. The van der Waals surface area contributed by atoms with E-state index in [9.17, 15) is 4.79 Å². The van der Waals surface area contributed by atoms with Crippen LogP contribution in [0.1, 0.15) is 31.0 Å². The van der Waals surface area contributed by atoms with Gasteiger partial charge in [-0.1, -0.05) is 0 Å². The summed E-state index contributed by atoms with van der Waals surface area (Å²) in [6.07, 6.45) is 3.30. The first-order valence-corrected chi connectivity index (χ1v) is 9.06. The number of amides is 1. The van der Waals surface area contributed by atoms with E-state index < -0.39 is 0 Å². The van der Waals surface area contributed by atoms with Gasteiger partial charge in [0.2, 0.25) is 5.91 Å². The van der Waals surface area contributed by atoms with Gasteiger partial charge in [0, 0.05) is 38.6 Å². The van der Waals surface area contributed by atoms with E-state index in [1.165, 1.54) is 12.8 Å². The SMILES string of the molecule is CN1CCC(N(C)C2CN(c3ccc4nnc(C5CC5)n4n3)C2)C1=O. The fourth-order valence-electron chi connectivity index (χ4n) is 3.90. The van der Waals surface area contributed by atoms with Gasteiger partial charge >= 0.3 is 0 Å². The smallest absolute Gasteiger partial charge is 0.239 e. The lowest BCUT2D eigenvalue weighted by Crippen LogP contribution is -2.61. The molecule has 2 aromatic heterocycles. The lowest BCUT2D eigenvalue weighted by molar-refractivity contribution is -0.131. The van der Waals surface area contributed by atoms with Crippen LogP contribution in [0.15, 0.2) is 12.1 Å². The summed E-state index contributed by atoms with van der Waals surface area (Å²) in [7, 11) is 3.96. The molecule has 3 fully saturated rings. The molecule has 0 bridgehead atoms. The predicted octanol–water partition coefficient (Wildman–Crippen LogP) is 0.353. The molecule has 2 aliphatic heterocycles. The first kappa shape index (κ1) is 15.1. The molecular formula is C17H23N7O. The number of carbonyl (C=O) groups excluding carboxylic acids is 1. The highest BCUT2D eigenvalue weighted by Gasteiger charge is 2.40. The average Bonchev–Trinajstić information content (AvgIpc) is 3.24. The van der Waals surface area contributed by atoms with E-state index in [0.717, 1.165) is 43.3 Å². The molecule has 0 radical (unpaired) electrons. The zero-order valence-corrected chi connectivity index (χ0v) is 14.7. The van der Waals surface area contributed by atoms with Gasteiger partial charge in [-0.25, -0.2) is 0 Å². The van der Waals surface area contributed by atoms with Crippen LogP contribution >= 0.6 is 0 Å². The summed E-state index contributed by atoms with van der Waals surface area (Å²) in [4.78, 5) is 18.5. The number of carbonyl (C=O) groups is 1. The first-order valence-electron chi connectivity index (χ1n) is 9.06. The number of anilines is 1. The lowest BCUT2D eigenvalue weighted by atomic mass is 10.0. The molecule has 3 aliphatic rings. The number of fused-ring (bicyclic) bond motifs is 1. The largest absolute Gasteiger partial charge is 0.352 e. The van der Waals surface area contributed by atoms with Crippen molar-refractivity contribution >= 4 is 17.4 Å². The first-order chi connectivity index (χ1) is 12.1. The van der Waals surface area contributed by atoms with Crippen LogP contribution in [0.3, 0.4) is 0 Å². The Hall–Kier alpha value is -2.22. The van der Waals surface area contributed by atoms with Crippen molar-refractivity contribution in [1.29, 1.82) is 0 Å². The van der Waals surface area contributed by atoms with Gasteiger partial charge in [-0.15, -0.1) is 15.3 Å².